The molecule has 4 aromatic heterocycles. The number of rotatable bonds is 8. The van der Waals surface area contributed by atoms with Gasteiger partial charge in [-0.1, -0.05) is 44.7 Å². The highest BCUT2D eigenvalue weighted by molar-refractivity contribution is 5.93. The fourth-order valence-corrected chi connectivity index (χ4v) is 4.31. The number of hydrogen-bond acceptors (Lipinski definition) is 5. The number of aromatic amines is 2. The molecule has 0 unspecified atom stereocenters. The van der Waals surface area contributed by atoms with Crippen LogP contribution >= 0.6 is 0 Å². The van der Waals surface area contributed by atoms with Crippen LogP contribution in [0.4, 0.5) is 10.1 Å². The van der Waals surface area contributed by atoms with Gasteiger partial charge in [-0.3, -0.25) is 15.1 Å². The normalized spacial score (nSPS) is 12.3. The molecule has 0 radical (unpaired) electrons. The molecule has 190 valence electrons. The van der Waals surface area contributed by atoms with E-state index < -0.39 is 0 Å². The summed E-state index contributed by atoms with van der Waals surface area (Å²) in [7, 11) is 0. The third-order valence-corrected chi connectivity index (χ3v) is 6.20. The van der Waals surface area contributed by atoms with Gasteiger partial charge in [-0.15, -0.1) is 0 Å². The van der Waals surface area contributed by atoms with Crippen molar-refractivity contribution in [2.24, 2.45) is 0 Å². The van der Waals surface area contributed by atoms with Gasteiger partial charge in [0.25, 0.3) is 0 Å². The summed E-state index contributed by atoms with van der Waals surface area (Å²) in [5, 5.41) is 12.7. The van der Waals surface area contributed by atoms with E-state index in [1.807, 2.05) is 25.1 Å². The highest BCUT2D eigenvalue weighted by Gasteiger charge is 2.15. The minimum Gasteiger partial charge on any atom is -0.358 e. The van der Waals surface area contributed by atoms with E-state index in [1.165, 1.54) is 12.1 Å². The van der Waals surface area contributed by atoms with Gasteiger partial charge in [0.05, 0.1) is 34.5 Å². The Balaban J connectivity index is 1.55. The van der Waals surface area contributed by atoms with Gasteiger partial charge in [0.15, 0.2) is 5.82 Å². The monoisotopic (exact) mass is 505 g/mol. The zero-order valence-electron chi connectivity index (χ0n) is 21.3. The second kappa shape index (κ2) is 10.6. The maximum atomic E-state index is 13.5. The largest absolute Gasteiger partial charge is 0.358 e. The van der Waals surface area contributed by atoms with Crippen LogP contribution in [0.3, 0.4) is 0 Å². The van der Waals surface area contributed by atoms with E-state index in [1.54, 1.807) is 36.9 Å². The van der Waals surface area contributed by atoms with Crippen LogP contribution in [-0.2, 0) is 0 Å². The Morgan fingerprint density at radius 3 is 2.63 bits per heavy atom. The quantitative estimate of drug-likeness (QED) is 0.256. The Labute approximate surface area is 219 Å². The molecule has 0 aliphatic heterocycles. The number of nitrogens with one attached hydrogen (secondary N) is 3. The van der Waals surface area contributed by atoms with E-state index in [0.29, 0.717) is 11.5 Å². The predicted molar refractivity (Wildman–Crippen MR) is 152 cm³/mol. The van der Waals surface area contributed by atoms with Crippen molar-refractivity contribution < 1.29 is 4.39 Å². The number of hydrogen-bond donors (Lipinski definition) is 3. The lowest BCUT2D eigenvalue weighted by Gasteiger charge is -2.09. The van der Waals surface area contributed by atoms with Crippen molar-refractivity contribution in [2.75, 3.05) is 5.32 Å². The maximum absolute atomic E-state index is 13.5. The van der Waals surface area contributed by atoms with Crippen LogP contribution in [0.1, 0.15) is 32.3 Å². The standard InChI is InChI=1S/C30H28FN7/c1-5-7-19(4)34-23-13-21(14-32-15-23)18(3)12-24-26(6-2)37-38-29(24)30-35-27-17-33-16-25(28(27)36-30)20-8-10-22(31)11-9-20/h6,8-17,34,37H,3-5,7H2,1-2H3,(H,35,36)/b24-12+,26-6+. The third-order valence-electron chi connectivity index (χ3n) is 6.20. The Morgan fingerprint density at radius 2 is 1.87 bits per heavy atom. The fourth-order valence-electron chi connectivity index (χ4n) is 4.31. The van der Waals surface area contributed by atoms with Gasteiger partial charge in [-0.2, -0.15) is 5.10 Å². The van der Waals surface area contributed by atoms with E-state index in [-0.39, 0.29) is 5.82 Å². The summed E-state index contributed by atoms with van der Waals surface area (Å²) in [6.45, 7) is 12.4. The van der Waals surface area contributed by atoms with Crippen LogP contribution < -0.4 is 15.9 Å². The van der Waals surface area contributed by atoms with Crippen LogP contribution in [-0.4, -0.2) is 30.1 Å². The number of allylic oxidation sites excluding steroid dienone is 2. The van der Waals surface area contributed by atoms with Crippen molar-refractivity contribution in [3.05, 3.63) is 95.9 Å². The molecule has 0 saturated heterocycles. The zero-order valence-corrected chi connectivity index (χ0v) is 21.3. The highest BCUT2D eigenvalue weighted by Crippen LogP contribution is 2.28. The van der Waals surface area contributed by atoms with Crippen molar-refractivity contribution >= 4 is 34.4 Å². The summed E-state index contributed by atoms with van der Waals surface area (Å²) in [4.78, 5) is 16.9. The van der Waals surface area contributed by atoms with Gasteiger partial charge in [0.1, 0.15) is 11.5 Å². The van der Waals surface area contributed by atoms with Gasteiger partial charge in [0.2, 0.25) is 0 Å². The highest BCUT2D eigenvalue weighted by atomic mass is 19.1. The first-order valence-electron chi connectivity index (χ1n) is 12.4. The molecular weight excluding hydrogens is 477 g/mol. The Hall–Kier alpha value is -4.85. The zero-order chi connectivity index (χ0) is 26.6. The minimum absolute atomic E-state index is 0.292. The van der Waals surface area contributed by atoms with Crippen molar-refractivity contribution in [3.63, 3.8) is 0 Å². The Bertz CT molecular complexity index is 1760. The number of fused-ring (bicyclic) bond motifs is 1. The van der Waals surface area contributed by atoms with Crippen molar-refractivity contribution in [1.82, 2.24) is 30.1 Å². The second-order valence-corrected chi connectivity index (χ2v) is 8.97. The topological polar surface area (TPSA) is 95.2 Å². The van der Waals surface area contributed by atoms with E-state index >= 15 is 0 Å². The molecule has 1 aromatic carbocycles. The van der Waals surface area contributed by atoms with Crippen LogP contribution in [0.25, 0.3) is 51.4 Å². The van der Waals surface area contributed by atoms with E-state index in [4.69, 9.17) is 4.98 Å². The number of anilines is 1. The van der Waals surface area contributed by atoms with Gasteiger partial charge in [-0.05, 0) is 48.8 Å². The van der Waals surface area contributed by atoms with E-state index in [9.17, 15) is 4.39 Å². The fraction of sp³-hybridized carbons (Fsp3) is 0.133. The molecule has 5 aromatic rings. The molecule has 8 heteroatoms. The molecule has 0 bridgehead atoms. The number of nitrogens with zero attached hydrogens (tertiary/aromatic N) is 4. The lowest BCUT2D eigenvalue weighted by atomic mass is 10.1. The summed E-state index contributed by atoms with van der Waals surface area (Å²) in [6, 6.07) is 8.30. The summed E-state index contributed by atoms with van der Waals surface area (Å²) in [6.07, 6.45) is 12.8. The van der Waals surface area contributed by atoms with E-state index in [2.05, 4.69) is 50.5 Å². The smallest absolute Gasteiger partial charge is 0.159 e. The average molecular weight is 506 g/mol. The van der Waals surface area contributed by atoms with Crippen molar-refractivity contribution in [1.29, 1.82) is 0 Å². The SMILES string of the molecule is C=C(CCC)Nc1cncc(C(=C)/C=c2/c(-c3nc4c(-c5ccc(F)cc5)cncc4[nH]3)n[nH]/c2=C/C)c1. The molecule has 0 aliphatic carbocycles. The number of halogens is 1. The molecule has 0 spiro atoms. The average Bonchev–Trinajstić information content (AvgIpc) is 3.53. The molecule has 7 nitrogen and oxygen atoms in total. The van der Waals surface area contributed by atoms with Crippen LogP contribution in [0.2, 0.25) is 0 Å². The van der Waals surface area contributed by atoms with Crippen molar-refractivity contribution in [2.45, 2.75) is 26.7 Å². The first kappa shape index (κ1) is 24.8. The molecular formula is C30H28FN7. The molecule has 0 saturated carbocycles. The first-order chi connectivity index (χ1) is 18.5. The summed E-state index contributed by atoms with van der Waals surface area (Å²) in [5.74, 6) is 0.295. The Kier molecular flexibility index (Phi) is 6.95. The molecule has 0 atom stereocenters. The molecule has 5 rings (SSSR count). The second-order valence-electron chi connectivity index (χ2n) is 8.97. The Morgan fingerprint density at radius 1 is 1.08 bits per heavy atom. The lowest BCUT2D eigenvalue weighted by Crippen LogP contribution is -2.23. The molecule has 3 N–H and O–H groups in total. The van der Waals surface area contributed by atoms with Gasteiger partial charge in [0, 0.05) is 34.4 Å². The maximum Gasteiger partial charge on any atom is 0.159 e. The minimum atomic E-state index is -0.292. The molecule has 0 fully saturated rings. The molecule has 38 heavy (non-hydrogen) atoms. The number of pyridine rings is 2. The number of benzene rings is 1. The van der Waals surface area contributed by atoms with Crippen molar-refractivity contribution in [3.8, 4) is 22.6 Å². The molecule has 4 heterocycles. The van der Waals surface area contributed by atoms with E-state index in [0.717, 1.165) is 68.1 Å². The summed E-state index contributed by atoms with van der Waals surface area (Å²) < 4.78 is 13.5. The third kappa shape index (κ3) is 5.01. The summed E-state index contributed by atoms with van der Waals surface area (Å²) >= 11 is 0. The molecule has 0 aliphatic rings. The number of H-pyrrole nitrogens is 2. The van der Waals surface area contributed by atoms with Gasteiger partial charge >= 0.3 is 0 Å². The predicted octanol–water partition coefficient (Wildman–Crippen LogP) is 5.57. The number of aromatic nitrogens is 6. The van der Waals surface area contributed by atoms with Crippen LogP contribution in [0.5, 0.6) is 0 Å². The van der Waals surface area contributed by atoms with Crippen LogP contribution in [0.15, 0.2) is 74.0 Å². The van der Waals surface area contributed by atoms with Crippen LogP contribution in [0, 0.1) is 5.82 Å². The first-order valence-corrected chi connectivity index (χ1v) is 12.4. The molecule has 0 amide bonds. The lowest BCUT2D eigenvalue weighted by molar-refractivity contribution is 0.628. The number of imidazole rings is 1. The van der Waals surface area contributed by atoms with Gasteiger partial charge in [-0.25, -0.2) is 9.37 Å². The van der Waals surface area contributed by atoms with Gasteiger partial charge < -0.3 is 10.3 Å². The summed E-state index contributed by atoms with van der Waals surface area (Å²) in [5.41, 5.74) is 7.23.